The number of sulfone groups is 1. The molecule has 4 nitrogen and oxygen atoms in total. The Kier molecular flexibility index (Phi) is 6.09. The van der Waals surface area contributed by atoms with E-state index in [0.717, 1.165) is 12.1 Å². The van der Waals surface area contributed by atoms with E-state index in [1.54, 1.807) is 6.07 Å². The molecule has 26 heavy (non-hydrogen) atoms. The zero-order chi connectivity index (χ0) is 19.4. The van der Waals surface area contributed by atoms with Crippen LogP contribution in [0.4, 0.5) is 13.2 Å². The summed E-state index contributed by atoms with van der Waals surface area (Å²) in [6.45, 7) is 0.886. The first-order valence-corrected chi connectivity index (χ1v) is 9.15. The summed E-state index contributed by atoms with van der Waals surface area (Å²) in [5.74, 6) is -1.72. The second-order valence-corrected chi connectivity index (χ2v) is 7.17. The second kappa shape index (κ2) is 7.92. The van der Waals surface area contributed by atoms with Crippen molar-refractivity contribution in [2.24, 2.45) is 0 Å². The molecule has 0 heterocycles. The summed E-state index contributed by atoms with van der Waals surface area (Å²) < 4.78 is 71.0. The summed E-state index contributed by atoms with van der Waals surface area (Å²) in [7, 11) is -4.67. The highest BCUT2D eigenvalue weighted by molar-refractivity contribution is 7.95. The molecule has 0 saturated heterocycles. The smallest absolute Gasteiger partial charge is 0.450 e. The van der Waals surface area contributed by atoms with E-state index in [0.29, 0.717) is 0 Å². The van der Waals surface area contributed by atoms with Gasteiger partial charge in [-0.1, -0.05) is 48.5 Å². The van der Waals surface area contributed by atoms with Crippen molar-refractivity contribution in [2.75, 3.05) is 6.61 Å². The lowest BCUT2D eigenvalue weighted by atomic mass is 10.1. The van der Waals surface area contributed by atoms with Crippen LogP contribution in [0.3, 0.4) is 0 Å². The van der Waals surface area contributed by atoms with Gasteiger partial charge in [0, 0.05) is 0 Å². The maximum atomic E-state index is 13.5. The Morgan fingerprint density at radius 3 is 2.00 bits per heavy atom. The van der Waals surface area contributed by atoms with E-state index in [4.69, 9.17) is 0 Å². The molecule has 2 rings (SSSR count). The largest absolute Gasteiger partial charge is 0.488 e. The molecule has 8 heteroatoms. The van der Waals surface area contributed by atoms with Crippen LogP contribution in [0.5, 0.6) is 0 Å². The Hall–Kier alpha value is -2.32. The van der Waals surface area contributed by atoms with E-state index in [1.165, 1.54) is 49.4 Å². The molecule has 0 amide bonds. The number of aliphatic hydroxyl groups is 1. The third-order valence-corrected chi connectivity index (χ3v) is 5.36. The molecule has 0 spiro atoms. The highest BCUT2D eigenvalue weighted by atomic mass is 32.2. The molecular formula is C18H17F3O4S. The van der Waals surface area contributed by atoms with Gasteiger partial charge in [-0.15, -0.1) is 0 Å². The van der Waals surface area contributed by atoms with Crippen LogP contribution in [-0.4, -0.2) is 26.3 Å². The summed E-state index contributed by atoms with van der Waals surface area (Å²) in [5, 5.41) is 10.5. The van der Waals surface area contributed by atoms with E-state index in [-0.39, 0.29) is 10.5 Å². The predicted octanol–water partition coefficient (Wildman–Crippen LogP) is 4.00. The van der Waals surface area contributed by atoms with Crippen LogP contribution < -0.4 is 0 Å². The number of rotatable bonds is 6. The summed E-state index contributed by atoms with van der Waals surface area (Å²) in [5.41, 5.74) is 0.00320. The standard InChI is InChI=1S/C18H17F3O4S/c1-2-25-17(18(19,20)21)16(15(22)13-9-5-3-6-10-13)26(23,24)14-11-7-4-8-12-14/h3-12,15,22H,2H2,1H3/b17-16+. The SMILES string of the molecule is CCO/C(=C(\C(O)c1ccccc1)S(=O)(=O)c1ccccc1)C(F)(F)F. The average Bonchev–Trinajstić information content (AvgIpc) is 2.61. The third kappa shape index (κ3) is 4.25. The fourth-order valence-electron chi connectivity index (χ4n) is 2.34. The van der Waals surface area contributed by atoms with Gasteiger partial charge in [-0.25, -0.2) is 8.42 Å². The van der Waals surface area contributed by atoms with Crippen LogP contribution >= 0.6 is 0 Å². The maximum absolute atomic E-state index is 13.5. The normalized spacial score (nSPS) is 14.5. The minimum absolute atomic E-state index is 0.00320. The minimum Gasteiger partial charge on any atom is -0.488 e. The van der Waals surface area contributed by atoms with Crippen LogP contribution in [0.1, 0.15) is 18.6 Å². The van der Waals surface area contributed by atoms with Crippen LogP contribution in [0.15, 0.2) is 76.2 Å². The van der Waals surface area contributed by atoms with Crippen molar-refractivity contribution in [1.29, 1.82) is 0 Å². The van der Waals surface area contributed by atoms with Crippen molar-refractivity contribution in [1.82, 2.24) is 0 Å². The Morgan fingerprint density at radius 2 is 1.54 bits per heavy atom. The molecule has 0 aliphatic carbocycles. The lowest BCUT2D eigenvalue weighted by molar-refractivity contribution is -0.131. The minimum atomic E-state index is -5.09. The van der Waals surface area contributed by atoms with E-state index in [1.807, 2.05) is 0 Å². The van der Waals surface area contributed by atoms with E-state index in [9.17, 15) is 26.7 Å². The topological polar surface area (TPSA) is 63.6 Å². The lowest BCUT2D eigenvalue weighted by Crippen LogP contribution is -2.24. The molecule has 0 bridgehead atoms. The van der Waals surface area contributed by atoms with Crippen molar-refractivity contribution in [3.8, 4) is 0 Å². The van der Waals surface area contributed by atoms with Gasteiger partial charge in [-0.2, -0.15) is 13.2 Å². The number of hydrogen-bond acceptors (Lipinski definition) is 4. The molecular weight excluding hydrogens is 369 g/mol. The summed E-state index contributed by atoms with van der Waals surface area (Å²) >= 11 is 0. The number of ether oxygens (including phenoxy) is 1. The molecule has 1 N–H and O–H groups in total. The first kappa shape index (κ1) is 20.0. The Balaban J connectivity index is 2.78. The van der Waals surface area contributed by atoms with Gasteiger partial charge in [0.25, 0.3) is 0 Å². The van der Waals surface area contributed by atoms with Gasteiger partial charge in [-0.05, 0) is 24.6 Å². The molecule has 0 aromatic heterocycles. The zero-order valence-electron chi connectivity index (χ0n) is 13.8. The number of halogens is 3. The Morgan fingerprint density at radius 1 is 1.04 bits per heavy atom. The highest BCUT2D eigenvalue weighted by Crippen LogP contribution is 2.39. The summed E-state index contributed by atoms with van der Waals surface area (Å²) in [4.78, 5) is -1.60. The van der Waals surface area contributed by atoms with Gasteiger partial charge in [0.05, 0.1) is 11.5 Å². The number of benzene rings is 2. The van der Waals surface area contributed by atoms with E-state index >= 15 is 0 Å². The number of allylic oxidation sites excluding steroid dienone is 1. The summed E-state index contributed by atoms with van der Waals surface area (Å²) in [6.07, 6.45) is -7.13. The molecule has 0 aliphatic rings. The number of alkyl halides is 3. The van der Waals surface area contributed by atoms with Gasteiger partial charge in [0.15, 0.2) is 0 Å². The monoisotopic (exact) mass is 386 g/mol. The molecule has 0 fully saturated rings. The molecule has 0 saturated carbocycles. The average molecular weight is 386 g/mol. The predicted molar refractivity (Wildman–Crippen MR) is 89.7 cm³/mol. The fourth-order valence-corrected chi connectivity index (χ4v) is 3.96. The molecule has 0 radical (unpaired) electrons. The number of hydrogen-bond donors (Lipinski definition) is 1. The van der Waals surface area contributed by atoms with Crippen molar-refractivity contribution in [2.45, 2.75) is 24.1 Å². The lowest BCUT2D eigenvalue weighted by Gasteiger charge is -2.22. The first-order chi connectivity index (χ1) is 12.2. The van der Waals surface area contributed by atoms with Crippen molar-refractivity contribution < 1.29 is 31.4 Å². The second-order valence-electron chi connectivity index (χ2n) is 5.25. The van der Waals surface area contributed by atoms with Gasteiger partial charge >= 0.3 is 6.18 Å². The van der Waals surface area contributed by atoms with Gasteiger partial charge in [0.2, 0.25) is 15.6 Å². The first-order valence-electron chi connectivity index (χ1n) is 7.67. The fraction of sp³-hybridized carbons (Fsp3) is 0.222. The van der Waals surface area contributed by atoms with Crippen molar-refractivity contribution >= 4 is 9.84 Å². The van der Waals surface area contributed by atoms with E-state index < -0.39 is 39.4 Å². The van der Waals surface area contributed by atoms with Crippen LogP contribution in [0.2, 0.25) is 0 Å². The molecule has 1 atom stereocenters. The quantitative estimate of drug-likeness (QED) is 0.762. The molecule has 2 aromatic rings. The van der Waals surface area contributed by atoms with Gasteiger partial charge < -0.3 is 9.84 Å². The summed E-state index contributed by atoms with van der Waals surface area (Å²) in [6, 6.07) is 13.9. The zero-order valence-corrected chi connectivity index (χ0v) is 14.6. The highest BCUT2D eigenvalue weighted by Gasteiger charge is 2.45. The van der Waals surface area contributed by atoms with Crippen LogP contribution in [-0.2, 0) is 14.6 Å². The van der Waals surface area contributed by atoms with Gasteiger partial charge in [0.1, 0.15) is 11.0 Å². The van der Waals surface area contributed by atoms with Gasteiger partial charge in [-0.3, -0.25) is 0 Å². The Bertz CT molecular complexity index is 860. The molecule has 1 unspecified atom stereocenters. The Labute approximate surface area is 149 Å². The van der Waals surface area contributed by atoms with Crippen LogP contribution in [0.25, 0.3) is 0 Å². The molecule has 0 aliphatic heterocycles. The van der Waals surface area contributed by atoms with E-state index in [2.05, 4.69) is 4.74 Å². The number of aliphatic hydroxyl groups excluding tert-OH is 1. The molecule has 140 valence electrons. The third-order valence-electron chi connectivity index (χ3n) is 3.48. The molecule has 2 aromatic carbocycles. The maximum Gasteiger partial charge on any atom is 0.450 e. The van der Waals surface area contributed by atoms with Crippen molar-refractivity contribution in [3.63, 3.8) is 0 Å². The van der Waals surface area contributed by atoms with Crippen LogP contribution in [0, 0.1) is 0 Å². The van der Waals surface area contributed by atoms with Crippen molar-refractivity contribution in [3.05, 3.63) is 76.9 Å².